The van der Waals surface area contributed by atoms with Crippen molar-refractivity contribution in [2.45, 2.75) is 13.8 Å². The van der Waals surface area contributed by atoms with Crippen molar-refractivity contribution in [2.24, 2.45) is 0 Å². The first-order valence-corrected chi connectivity index (χ1v) is 6.57. The minimum atomic E-state index is 0.327. The van der Waals surface area contributed by atoms with Crippen LogP contribution < -0.4 is 10.5 Å². The molecule has 0 saturated carbocycles. The van der Waals surface area contributed by atoms with Crippen LogP contribution in [0.3, 0.4) is 0 Å². The number of aromatic nitrogens is 1. The third-order valence-electron chi connectivity index (χ3n) is 3.38. The summed E-state index contributed by atoms with van der Waals surface area (Å²) < 4.78 is 16.4. The molecule has 1 aromatic carbocycles. The van der Waals surface area contributed by atoms with Gasteiger partial charge in [0.05, 0.1) is 18.2 Å². The van der Waals surface area contributed by atoms with Crippen molar-refractivity contribution in [2.75, 3.05) is 12.8 Å². The summed E-state index contributed by atoms with van der Waals surface area (Å²) in [6, 6.07) is 9.53. The lowest BCUT2D eigenvalue weighted by Gasteiger charge is -2.08. The number of aryl methyl sites for hydroxylation is 2. The van der Waals surface area contributed by atoms with Crippen molar-refractivity contribution in [1.82, 2.24) is 5.16 Å². The van der Waals surface area contributed by atoms with Gasteiger partial charge in [-0.15, -0.1) is 0 Å². The van der Waals surface area contributed by atoms with E-state index in [-0.39, 0.29) is 0 Å². The lowest BCUT2D eigenvalue weighted by atomic mass is 10.0. The van der Waals surface area contributed by atoms with E-state index in [9.17, 15) is 0 Å². The second kappa shape index (κ2) is 5.01. The van der Waals surface area contributed by atoms with Gasteiger partial charge >= 0.3 is 0 Å². The van der Waals surface area contributed by atoms with Crippen molar-refractivity contribution in [3.8, 4) is 28.2 Å². The largest absolute Gasteiger partial charge is 0.496 e. The van der Waals surface area contributed by atoms with E-state index in [1.54, 1.807) is 7.11 Å². The van der Waals surface area contributed by atoms with Crippen LogP contribution in [0.2, 0.25) is 0 Å². The topological polar surface area (TPSA) is 74.4 Å². The molecule has 0 atom stereocenters. The van der Waals surface area contributed by atoms with E-state index in [2.05, 4.69) is 5.16 Å². The van der Waals surface area contributed by atoms with E-state index >= 15 is 0 Å². The maximum absolute atomic E-state index is 6.00. The van der Waals surface area contributed by atoms with E-state index < -0.39 is 0 Å². The van der Waals surface area contributed by atoms with Crippen LogP contribution in [-0.4, -0.2) is 12.3 Å². The molecule has 0 aliphatic heterocycles. The number of methoxy groups -OCH3 is 1. The Morgan fingerprint density at radius 2 is 1.90 bits per heavy atom. The number of hydrogen-bond acceptors (Lipinski definition) is 5. The van der Waals surface area contributed by atoms with Crippen LogP contribution in [0.15, 0.2) is 39.3 Å². The van der Waals surface area contributed by atoms with Crippen LogP contribution in [0.4, 0.5) is 5.82 Å². The first kappa shape index (κ1) is 13.3. The predicted octanol–water partition coefficient (Wildman–Crippen LogP) is 3.81. The summed E-state index contributed by atoms with van der Waals surface area (Å²) in [5.74, 6) is 3.20. The molecule has 0 aliphatic rings. The van der Waals surface area contributed by atoms with Gasteiger partial charge in [-0.1, -0.05) is 23.4 Å². The second-order valence-corrected chi connectivity index (χ2v) is 4.80. The molecular weight excluding hydrogens is 268 g/mol. The van der Waals surface area contributed by atoms with Gasteiger partial charge in [0.2, 0.25) is 0 Å². The Hall–Kier alpha value is -2.69. The smallest absolute Gasteiger partial charge is 0.180 e. The first-order valence-electron chi connectivity index (χ1n) is 6.57. The molecule has 5 heteroatoms. The van der Waals surface area contributed by atoms with Crippen molar-refractivity contribution in [3.05, 3.63) is 41.9 Å². The average Bonchev–Trinajstić information content (AvgIpc) is 3.01. The lowest BCUT2D eigenvalue weighted by molar-refractivity contribution is 0.416. The highest BCUT2D eigenvalue weighted by molar-refractivity contribution is 5.89. The molecule has 0 radical (unpaired) electrons. The quantitative estimate of drug-likeness (QED) is 0.791. The zero-order valence-electron chi connectivity index (χ0n) is 12.1. The van der Waals surface area contributed by atoms with Gasteiger partial charge in [-0.05, 0) is 26.0 Å². The summed E-state index contributed by atoms with van der Waals surface area (Å²) in [5, 5.41) is 3.90. The summed E-state index contributed by atoms with van der Waals surface area (Å²) in [6.07, 6.45) is 0. The van der Waals surface area contributed by atoms with Crippen molar-refractivity contribution >= 4 is 5.82 Å². The second-order valence-electron chi connectivity index (χ2n) is 4.80. The maximum atomic E-state index is 6.00. The van der Waals surface area contributed by atoms with Gasteiger partial charge in [0.1, 0.15) is 17.3 Å². The molecule has 0 bridgehead atoms. The molecule has 0 amide bonds. The molecule has 0 spiro atoms. The number of anilines is 1. The SMILES string of the molecule is COc1ccccc1-c1c(N)noc1-c1cc(C)oc1C. The van der Waals surface area contributed by atoms with Crippen LogP contribution in [0, 0.1) is 13.8 Å². The van der Waals surface area contributed by atoms with Gasteiger partial charge in [0.25, 0.3) is 0 Å². The monoisotopic (exact) mass is 284 g/mol. The third-order valence-corrected chi connectivity index (χ3v) is 3.38. The van der Waals surface area contributed by atoms with Gasteiger partial charge in [-0.25, -0.2) is 0 Å². The fraction of sp³-hybridized carbons (Fsp3) is 0.188. The van der Waals surface area contributed by atoms with Crippen LogP contribution in [-0.2, 0) is 0 Å². The normalized spacial score (nSPS) is 10.8. The van der Waals surface area contributed by atoms with Crippen molar-refractivity contribution in [3.63, 3.8) is 0 Å². The van der Waals surface area contributed by atoms with Crippen LogP contribution >= 0.6 is 0 Å². The lowest BCUT2D eigenvalue weighted by Crippen LogP contribution is -1.92. The van der Waals surface area contributed by atoms with Crippen LogP contribution in [0.25, 0.3) is 22.5 Å². The summed E-state index contributed by atoms with van der Waals surface area (Å²) >= 11 is 0. The predicted molar refractivity (Wildman–Crippen MR) is 80.1 cm³/mol. The Labute approximate surface area is 122 Å². The highest BCUT2D eigenvalue weighted by atomic mass is 16.5. The fourth-order valence-corrected chi connectivity index (χ4v) is 2.45. The summed E-state index contributed by atoms with van der Waals surface area (Å²) in [7, 11) is 1.62. The number of ether oxygens (including phenoxy) is 1. The molecule has 2 heterocycles. The summed E-state index contributed by atoms with van der Waals surface area (Å²) in [4.78, 5) is 0. The van der Waals surface area contributed by atoms with Gasteiger partial charge in [0, 0.05) is 5.56 Å². The minimum Gasteiger partial charge on any atom is -0.496 e. The maximum Gasteiger partial charge on any atom is 0.180 e. The molecule has 2 N–H and O–H groups in total. The standard InChI is InChI=1S/C16H16N2O3/c1-9-8-12(10(2)20-9)15-14(16(17)18-21-15)11-6-4-5-7-13(11)19-3/h4-8H,1-3H3,(H2,17,18). The number of hydrogen-bond donors (Lipinski definition) is 1. The molecule has 3 rings (SSSR count). The molecule has 0 unspecified atom stereocenters. The molecule has 0 saturated heterocycles. The van der Waals surface area contributed by atoms with E-state index in [4.69, 9.17) is 19.4 Å². The zero-order valence-corrected chi connectivity index (χ0v) is 12.1. The highest BCUT2D eigenvalue weighted by Gasteiger charge is 2.23. The molecule has 0 aliphatic carbocycles. The van der Waals surface area contributed by atoms with Gasteiger partial charge in [0.15, 0.2) is 11.6 Å². The van der Waals surface area contributed by atoms with Gasteiger partial charge < -0.3 is 19.4 Å². The number of benzene rings is 1. The molecule has 2 aromatic heterocycles. The Kier molecular flexibility index (Phi) is 3.17. The van der Waals surface area contributed by atoms with Crippen LogP contribution in [0.1, 0.15) is 11.5 Å². The van der Waals surface area contributed by atoms with Crippen molar-refractivity contribution < 1.29 is 13.7 Å². The molecule has 5 nitrogen and oxygen atoms in total. The zero-order chi connectivity index (χ0) is 15.0. The molecule has 0 fully saturated rings. The van der Waals surface area contributed by atoms with Crippen LogP contribution in [0.5, 0.6) is 5.75 Å². The summed E-state index contributed by atoms with van der Waals surface area (Å²) in [5.41, 5.74) is 8.40. The molecule has 3 aromatic rings. The Balaban J connectivity index is 2.25. The fourth-order valence-electron chi connectivity index (χ4n) is 2.45. The highest BCUT2D eigenvalue weighted by Crippen LogP contribution is 2.42. The Morgan fingerprint density at radius 3 is 2.57 bits per heavy atom. The number of para-hydroxylation sites is 1. The summed E-state index contributed by atoms with van der Waals surface area (Å²) in [6.45, 7) is 3.77. The van der Waals surface area contributed by atoms with Crippen molar-refractivity contribution in [1.29, 1.82) is 0 Å². The molecule has 108 valence electrons. The number of furan rings is 1. The number of nitrogens with zero attached hydrogens (tertiary/aromatic N) is 1. The number of nitrogen functional groups attached to an aromatic ring is 1. The van der Waals surface area contributed by atoms with E-state index in [0.717, 1.165) is 28.2 Å². The van der Waals surface area contributed by atoms with E-state index in [1.807, 2.05) is 44.2 Å². The van der Waals surface area contributed by atoms with Gasteiger partial charge in [-0.2, -0.15) is 0 Å². The Morgan fingerprint density at radius 1 is 1.14 bits per heavy atom. The number of rotatable bonds is 3. The minimum absolute atomic E-state index is 0.327. The Bertz CT molecular complexity index is 787. The molecular formula is C16H16N2O3. The average molecular weight is 284 g/mol. The third kappa shape index (κ3) is 2.16. The first-order chi connectivity index (χ1) is 10.1. The molecule has 21 heavy (non-hydrogen) atoms. The van der Waals surface area contributed by atoms with E-state index in [0.29, 0.717) is 17.3 Å². The van der Waals surface area contributed by atoms with E-state index in [1.165, 1.54) is 0 Å². The number of nitrogens with two attached hydrogens (primary N) is 1. The van der Waals surface area contributed by atoms with Gasteiger partial charge in [-0.3, -0.25) is 0 Å².